The van der Waals surface area contributed by atoms with Crippen molar-refractivity contribution in [1.29, 1.82) is 0 Å². The zero-order valence-corrected chi connectivity index (χ0v) is 9.02. The zero-order chi connectivity index (χ0) is 10.1. The average Bonchev–Trinajstić information content (AvgIpc) is 2.49. The Morgan fingerprint density at radius 1 is 1.29 bits per heavy atom. The molecule has 0 aromatic rings. The van der Waals surface area contributed by atoms with E-state index >= 15 is 0 Å². The first-order valence-electron chi connectivity index (χ1n) is 5.79. The minimum Gasteiger partial charge on any atom is -0.393 e. The molecule has 3 nitrogen and oxygen atoms in total. The molecule has 14 heavy (non-hydrogen) atoms. The Kier molecular flexibility index (Phi) is 3.10. The second-order valence-electron chi connectivity index (χ2n) is 5.16. The summed E-state index contributed by atoms with van der Waals surface area (Å²) < 4.78 is 0. The van der Waals surface area contributed by atoms with Gasteiger partial charge in [-0.1, -0.05) is 0 Å². The lowest BCUT2D eigenvalue weighted by Gasteiger charge is -2.36. The van der Waals surface area contributed by atoms with Gasteiger partial charge in [-0.2, -0.15) is 0 Å². The first-order valence-corrected chi connectivity index (χ1v) is 5.79. The molecule has 2 saturated carbocycles. The molecule has 2 unspecified atom stereocenters. The van der Waals surface area contributed by atoms with Crippen molar-refractivity contribution in [1.82, 2.24) is 4.90 Å². The number of nitrogens with zero attached hydrogens (tertiary/aromatic N) is 1. The van der Waals surface area contributed by atoms with E-state index in [1.807, 2.05) is 0 Å². The van der Waals surface area contributed by atoms with Crippen LogP contribution in [0.2, 0.25) is 0 Å². The maximum atomic E-state index is 9.20. The molecule has 82 valence electrons. The second-order valence-corrected chi connectivity index (χ2v) is 5.16. The smallest absolute Gasteiger partial charge is 0.0546 e. The van der Waals surface area contributed by atoms with Crippen LogP contribution in [0, 0.1) is 5.92 Å². The van der Waals surface area contributed by atoms with Crippen LogP contribution in [-0.4, -0.2) is 41.8 Å². The van der Waals surface area contributed by atoms with Crippen molar-refractivity contribution < 1.29 is 5.11 Å². The van der Waals surface area contributed by atoms with Crippen LogP contribution in [0.5, 0.6) is 0 Å². The minimum absolute atomic E-state index is 0.0146. The summed E-state index contributed by atoms with van der Waals surface area (Å²) in [6.45, 7) is 1.15. The molecule has 0 aromatic heterocycles. The van der Waals surface area contributed by atoms with Crippen LogP contribution in [0.4, 0.5) is 0 Å². The van der Waals surface area contributed by atoms with Gasteiger partial charge in [0, 0.05) is 18.6 Å². The predicted octanol–water partition coefficient (Wildman–Crippen LogP) is 0.569. The van der Waals surface area contributed by atoms with Crippen LogP contribution < -0.4 is 5.73 Å². The van der Waals surface area contributed by atoms with Crippen molar-refractivity contribution in [2.24, 2.45) is 11.7 Å². The fourth-order valence-corrected chi connectivity index (χ4v) is 2.80. The summed E-state index contributed by atoms with van der Waals surface area (Å²) in [5.74, 6) is 0.729. The highest BCUT2D eigenvalue weighted by Gasteiger charge is 2.31. The molecule has 0 bridgehead atoms. The van der Waals surface area contributed by atoms with Gasteiger partial charge in [0.1, 0.15) is 0 Å². The van der Waals surface area contributed by atoms with Crippen molar-refractivity contribution >= 4 is 0 Å². The molecule has 0 spiro atoms. The van der Waals surface area contributed by atoms with E-state index in [1.54, 1.807) is 0 Å². The summed E-state index contributed by atoms with van der Waals surface area (Å²) in [6, 6.07) is 1.12. The first kappa shape index (κ1) is 10.4. The van der Waals surface area contributed by atoms with Gasteiger partial charge < -0.3 is 15.7 Å². The lowest BCUT2D eigenvalue weighted by Crippen LogP contribution is -2.41. The molecule has 0 amide bonds. The van der Waals surface area contributed by atoms with Crippen LogP contribution in [0.3, 0.4) is 0 Å². The van der Waals surface area contributed by atoms with Crippen LogP contribution in [0.1, 0.15) is 32.1 Å². The fraction of sp³-hybridized carbons (Fsp3) is 1.00. The highest BCUT2D eigenvalue weighted by Crippen LogP contribution is 2.30. The van der Waals surface area contributed by atoms with Crippen molar-refractivity contribution in [3.05, 3.63) is 0 Å². The first-order chi connectivity index (χ1) is 6.65. The number of aliphatic hydroxyl groups is 1. The molecule has 0 heterocycles. The summed E-state index contributed by atoms with van der Waals surface area (Å²) in [7, 11) is 2.20. The number of rotatable bonds is 3. The van der Waals surface area contributed by atoms with Gasteiger partial charge in [-0.15, -0.1) is 0 Å². The number of nitrogens with two attached hydrogens (primary N) is 1. The second kappa shape index (κ2) is 4.17. The van der Waals surface area contributed by atoms with E-state index in [-0.39, 0.29) is 6.10 Å². The molecule has 2 fully saturated rings. The van der Waals surface area contributed by atoms with Crippen molar-refractivity contribution in [3.8, 4) is 0 Å². The molecule has 2 rings (SSSR count). The summed E-state index contributed by atoms with van der Waals surface area (Å²) in [5, 5.41) is 9.20. The van der Waals surface area contributed by atoms with Gasteiger partial charge in [0.15, 0.2) is 0 Å². The summed E-state index contributed by atoms with van der Waals surface area (Å²) >= 11 is 0. The summed E-state index contributed by atoms with van der Waals surface area (Å²) in [5.41, 5.74) is 5.90. The quantitative estimate of drug-likeness (QED) is 0.697. The van der Waals surface area contributed by atoms with Crippen LogP contribution in [0.25, 0.3) is 0 Å². The van der Waals surface area contributed by atoms with E-state index in [4.69, 9.17) is 5.73 Å². The van der Waals surface area contributed by atoms with Crippen molar-refractivity contribution in [3.63, 3.8) is 0 Å². The Hall–Kier alpha value is -0.120. The molecular formula is C11H22N2O. The van der Waals surface area contributed by atoms with Gasteiger partial charge in [0.25, 0.3) is 0 Å². The van der Waals surface area contributed by atoms with Crippen molar-refractivity contribution in [2.45, 2.75) is 50.3 Å². The molecule has 0 aromatic carbocycles. The molecule has 0 saturated heterocycles. The molecule has 3 N–H and O–H groups in total. The largest absolute Gasteiger partial charge is 0.393 e. The third-order valence-corrected chi connectivity index (χ3v) is 3.83. The number of hydrogen-bond donors (Lipinski definition) is 2. The lowest BCUT2D eigenvalue weighted by atomic mass is 9.82. The van der Waals surface area contributed by atoms with Crippen LogP contribution in [0.15, 0.2) is 0 Å². The Morgan fingerprint density at radius 2 is 2.00 bits per heavy atom. The van der Waals surface area contributed by atoms with Gasteiger partial charge in [-0.3, -0.25) is 0 Å². The Morgan fingerprint density at radius 3 is 2.50 bits per heavy atom. The Balaban J connectivity index is 1.70. The predicted molar refractivity (Wildman–Crippen MR) is 57.0 cm³/mol. The third kappa shape index (κ3) is 2.27. The highest BCUT2D eigenvalue weighted by molar-refractivity contribution is 4.87. The maximum Gasteiger partial charge on any atom is 0.0546 e. The van der Waals surface area contributed by atoms with E-state index in [2.05, 4.69) is 11.9 Å². The van der Waals surface area contributed by atoms with Gasteiger partial charge >= 0.3 is 0 Å². The molecule has 2 atom stereocenters. The molecular weight excluding hydrogens is 176 g/mol. The number of aliphatic hydroxyl groups excluding tert-OH is 1. The Bertz CT molecular complexity index is 192. The average molecular weight is 198 g/mol. The van der Waals surface area contributed by atoms with Gasteiger partial charge in [0.2, 0.25) is 0 Å². The summed E-state index contributed by atoms with van der Waals surface area (Å²) in [4.78, 5) is 2.45. The van der Waals surface area contributed by atoms with E-state index in [9.17, 15) is 5.11 Å². The Labute approximate surface area is 86.3 Å². The standard InChI is InChI=1S/C11H22N2O/c1-13(7-8-4-11(14)5-8)10-3-2-9(12)6-10/h8-11,14H,2-7,12H2,1H3. The topological polar surface area (TPSA) is 49.5 Å². The molecule has 2 aliphatic rings. The minimum atomic E-state index is -0.0146. The highest BCUT2D eigenvalue weighted by atomic mass is 16.3. The molecule has 0 radical (unpaired) electrons. The van der Waals surface area contributed by atoms with Crippen molar-refractivity contribution in [2.75, 3.05) is 13.6 Å². The molecule has 0 aliphatic heterocycles. The summed E-state index contributed by atoms with van der Waals surface area (Å²) in [6.07, 6.45) is 5.59. The third-order valence-electron chi connectivity index (χ3n) is 3.83. The fourth-order valence-electron chi connectivity index (χ4n) is 2.80. The SMILES string of the molecule is CN(CC1CC(O)C1)C1CCC(N)C1. The van der Waals surface area contributed by atoms with E-state index in [1.165, 1.54) is 12.8 Å². The lowest BCUT2D eigenvalue weighted by molar-refractivity contribution is 0.0223. The van der Waals surface area contributed by atoms with E-state index < -0.39 is 0 Å². The van der Waals surface area contributed by atoms with Crippen LogP contribution in [-0.2, 0) is 0 Å². The van der Waals surface area contributed by atoms with Gasteiger partial charge in [-0.05, 0) is 45.1 Å². The van der Waals surface area contributed by atoms with E-state index in [0.717, 1.165) is 31.7 Å². The van der Waals surface area contributed by atoms with E-state index in [0.29, 0.717) is 12.1 Å². The maximum absolute atomic E-state index is 9.20. The van der Waals surface area contributed by atoms with Gasteiger partial charge in [0.05, 0.1) is 6.10 Å². The number of hydrogen-bond acceptors (Lipinski definition) is 3. The van der Waals surface area contributed by atoms with Crippen LogP contribution >= 0.6 is 0 Å². The molecule has 2 aliphatic carbocycles. The monoisotopic (exact) mass is 198 g/mol. The normalized spacial score (nSPS) is 42.9. The zero-order valence-electron chi connectivity index (χ0n) is 9.02. The van der Waals surface area contributed by atoms with Gasteiger partial charge in [-0.25, -0.2) is 0 Å². The molecule has 3 heteroatoms.